The summed E-state index contributed by atoms with van der Waals surface area (Å²) >= 11 is 0. The normalized spacial score (nSPS) is 12.2. The lowest BCUT2D eigenvalue weighted by molar-refractivity contribution is 0.00350. The molecule has 0 rings (SSSR count). The molecule has 1 amide bonds. The number of amides is 1. The van der Waals surface area contributed by atoms with Crippen molar-refractivity contribution in [3.05, 3.63) is 0 Å². The van der Waals surface area contributed by atoms with Crippen molar-refractivity contribution in [1.29, 1.82) is 0 Å². The van der Waals surface area contributed by atoms with Crippen LogP contribution in [0.4, 0.5) is 4.79 Å². The molecule has 2 N–H and O–H groups in total. The van der Waals surface area contributed by atoms with Crippen LogP contribution in [0.25, 0.3) is 0 Å². The second-order valence-electron chi connectivity index (χ2n) is 2.71. The molecular formula is C9H19NO4. The number of rotatable bonds is 7. The number of ether oxygens (including phenoxy) is 2. The zero-order valence-corrected chi connectivity index (χ0v) is 8.78. The van der Waals surface area contributed by atoms with Crippen LogP contribution in [0.1, 0.15) is 20.3 Å². The maximum atomic E-state index is 10.8. The van der Waals surface area contributed by atoms with Crippen molar-refractivity contribution in [1.82, 2.24) is 5.32 Å². The summed E-state index contributed by atoms with van der Waals surface area (Å²) in [5, 5.41) is 11.3. The van der Waals surface area contributed by atoms with Crippen LogP contribution >= 0.6 is 0 Å². The van der Waals surface area contributed by atoms with E-state index in [1.807, 2.05) is 13.8 Å². The van der Waals surface area contributed by atoms with Gasteiger partial charge in [0.15, 0.2) is 0 Å². The predicted octanol–water partition coefficient (Wildman–Crippen LogP) is 0.520. The Bertz CT molecular complexity index is 152. The molecule has 0 saturated carbocycles. The zero-order chi connectivity index (χ0) is 10.8. The fraction of sp³-hybridized carbons (Fsp3) is 0.889. The van der Waals surface area contributed by atoms with Crippen LogP contribution < -0.4 is 5.32 Å². The molecule has 0 spiro atoms. The van der Waals surface area contributed by atoms with E-state index in [0.29, 0.717) is 19.6 Å². The molecule has 5 heteroatoms. The van der Waals surface area contributed by atoms with Gasteiger partial charge in [0.25, 0.3) is 0 Å². The van der Waals surface area contributed by atoms with Crippen molar-refractivity contribution >= 4 is 6.09 Å². The summed E-state index contributed by atoms with van der Waals surface area (Å²) in [4.78, 5) is 10.8. The maximum absolute atomic E-state index is 10.8. The minimum atomic E-state index is -0.430. The van der Waals surface area contributed by atoms with Gasteiger partial charge in [-0.1, -0.05) is 0 Å². The van der Waals surface area contributed by atoms with Crippen LogP contribution in [0.5, 0.6) is 0 Å². The SMILES string of the molecule is CCNC(=O)OCC[C@@H](CO)OCC. The summed E-state index contributed by atoms with van der Waals surface area (Å²) in [7, 11) is 0. The lowest BCUT2D eigenvalue weighted by Gasteiger charge is -2.13. The van der Waals surface area contributed by atoms with Crippen LogP contribution in [-0.2, 0) is 9.47 Å². The molecule has 1 atom stereocenters. The number of nitrogens with one attached hydrogen (secondary N) is 1. The quantitative estimate of drug-likeness (QED) is 0.636. The van der Waals surface area contributed by atoms with E-state index in [0.717, 1.165) is 0 Å². The molecule has 0 aliphatic heterocycles. The number of alkyl carbamates (subject to hydrolysis) is 1. The van der Waals surface area contributed by atoms with Crippen LogP contribution in [0.2, 0.25) is 0 Å². The van der Waals surface area contributed by atoms with E-state index < -0.39 is 6.09 Å². The van der Waals surface area contributed by atoms with Crippen LogP contribution in [-0.4, -0.2) is 43.7 Å². The molecule has 0 aromatic heterocycles. The van der Waals surface area contributed by atoms with Gasteiger partial charge in [-0.15, -0.1) is 0 Å². The molecule has 0 aromatic carbocycles. The number of aliphatic hydroxyl groups is 1. The van der Waals surface area contributed by atoms with Gasteiger partial charge in [-0.3, -0.25) is 0 Å². The first-order valence-corrected chi connectivity index (χ1v) is 4.87. The molecule has 14 heavy (non-hydrogen) atoms. The third-order valence-corrected chi connectivity index (χ3v) is 1.60. The first-order chi connectivity index (χ1) is 6.74. The summed E-state index contributed by atoms with van der Waals surface area (Å²) in [6, 6.07) is 0. The molecule has 0 bridgehead atoms. The smallest absolute Gasteiger partial charge is 0.407 e. The number of hydrogen-bond donors (Lipinski definition) is 2. The van der Waals surface area contributed by atoms with Gasteiger partial charge in [-0.05, 0) is 13.8 Å². The van der Waals surface area contributed by atoms with Gasteiger partial charge in [0.05, 0.1) is 19.3 Å². The summed E-state index contributed by atoms with van der Waals surface area (Å²) in [5.41, 5.74) is 0. The van der Waals surface area contributed by atoms with Gasteiger partial charge < -0.3 is 19.9 Å². The highest BCUT2D eigenvalue weighted by Gasteiger charge is 2.07. The van der Waals surface area contributed by atoms with Crippen LogP contribution in [0.3, 0.4) is 0 Å². The zero-order valence-electron chi connectivity index (χ0n) is 8.78. The maximum Gasteiger partial charge on any atom is 0.407 e. The van der Waals surface area contributed by atoms with Gasteiger partial charge >= 0.3 is 6.09 Å². The van der Waals surface area contributed by atoms with Crippen molar-refractivity contribution in [2.75, 3.05) is 26.4 Å². The minimum absolute atomic E-state index is 0.0490. The highest BCUT2D eigenvalue weighted by atomic mass is 16.6. The third kappa shape index (κ3) is 6.68. The summed E-state index contributed by atoms with van der Waals surface area (Å²) in [6.45, 7) is 4.98. The van der Waals surface area contributed by atoms with E-state index >= 15 is 0 Å². The molecule has 0 radical (unpaired) electrons. The standard InChI is InChI=1S/C9H19NO4/c1-3-10-9(12)14-6-5-8(7-11)13-4-2/h8,11H,3-7H2,1-2H3,(H,10,12)/t8-/m0/s1. The number of aliphatic hydroxyl groups excluding tert-OH is 1. The number of carbonyl (C=O) groups is 1. The van der Waals surface area contributed by atoms with E-state index in [2.05, 4.69) is 5.32 Å². The van der Waals surface area contributed by atoms with Crippen molar-refractivity contribution in [2.24, 2.45) is 0 Å². The van der Waals surface area contributed by atoms with Crippen molar-refractivity contribution < 1.29 is 19.4 Å². The highest BCUT2D eigenvalue weighted by molar-refractivity contribution is 5.66. The molecule has 0 saturated heterocycles. The summed E-state index contributed by atoms with van der Waals surface area (Å²) < 4.78 is 9.99. The Morgan fingerprint density at radius 1 is 1.50 bits per heavy atom. The number of hydrogen-bond acceptors (Lipinski definition) is 4. The third-order valence-electron chi connectivity index (χ3n) is 1.60. The molecule has 5 nitrogen and oxygen atoms in total. The lowest BCUT2D eigenvalue weighted by Crippen LogP contribution is -2.26. The molecule has 0 unspecified atom stereocenters. The van der Waals surface area contributed by atoms with E-state index in [-0.39, 0.29) is 19.3 Å². The Morgan fingerprint density at radius 3 is 2.71 bits per heavy atom. The van der Waals surface area contributed by atoms with Crippen molar-refractivity contribution in [3.8, 4) is 0 Å². The van der Waals surface area contributed by atoms with Crippen LogP contribution in [0, 0.1) is 0 Å². The second-order valence-corrected chi connectivity index (χ2v) is 2.71. The Hall–Kier alpha value is -0.810. The lowest BCUT2D eigenvalue weighted by atomic mass is 10.3. The fourth-order valence-electron chi connectivity index (χ4n) is 0.941. The predicted molar refractivity (Wildman–Crippen MR) is 52.1 cm³/mol. The Kier molecular flexibility index (Phi) is 8.27. The minimum Gasteiger partial charge on any atom is -0.449 e. The Labute approximate surface area is 84.4 Å². The van der Waals surface area contributed by atoms with Gasteiger partial charge in [0.1, 0.15) is 0 Å². The molecule has 0 heterocycles. The Balaban J connectivity index is 3.45. The second kappa shape index (κ2) is 8.77. The highest BCUT2D eigenvalue weighted by Crippen LogP contribution is 1.98. The van der Waals surface area contributed by atoms with Gasteiger partial charge in [-0.25, -0.2) is 4.79 Å². The average molecular weight is 205 g/mol. The van der Waals surface area contributed by atoms with E-state index in [1.165, 1.54) is 0 Å². The number of carbonyl (C=O) groups excluding carboxylic acids is 1. The molecule has 0 aliphatic rings. The van der Waals surface area contributed by atoms with Crippen LogP contribution in [0.15, 0.2) is 0 Å². The van der Waals surface area contributed by atoms with E-state index in [1.54, 1.807) is 0 Å². The Morgan fingerprint density at radius 2 is 2.21 bits per heavy atom. The summed E-state index contributed by atoms with van der Waals surface area (Å²) in [5.74, 6) is 0. The molecule has 0 aliphatic carbocycles. The van der Waals surface area contributed by atoms with E-state index in [4.69, 9.17) is 14.6 Å². The van der Waals surface area contributed by atoms with Gasteiger partial charge in [0.2, 0.25) is 0 Å². The molecule has 0 aromatic rings. The fourth-order valence-corrected chi connectivity index (χ4v) is 0.941. The van der Waals surface area contributed by atoms with Gasteiger partial charge in [-0.2, -0.15) is 0 Å². The first kappa shape index (κ1) is 13.2. The van der Waals surface area contributed by atoms with Crippen molar-refractivity contribution in [3.63, 3.8) is 0 Å². The largest absolute Gasteiger partial charge is 0.449 e. The molecule has 0 fully saturated rings. The first-order valence-electron chi connectivity index (χ1n) is 4.87. The topological polar surface area (TPSA) is 67.8 Å². The monoisotopic (exact) mass is 205 g/mol. The van der Waals surface area contributed by atoms with Gasteiger partial charge in [0, 0.05) is 19.6 Å². The average Bonchev–Trinajstić information content (AvgIpc) is 2.17. The summed E-state index contributed by atoms with van der Waals surface area (Å²) in [6.07, 6.45) is -0.156. The van der Waals surface area contributed by atoms with Crippen molar-refractivity contribution in [2.45, 2.75) is 26.4 Å². The van der Waals surface area contributed by atoms with E-state index in [9.17, 15) is 4.79 Å². The molecule has 84 valence electrons. The molecular weight excluding hydrogens is 186 g/mol.